The van der Waals surface area contributed by atoms with E-state index in [2.05, 4.69) is 9.58 Å². The Morgan fingerprint density at radius 3 is 2.22 bits per heavy atom. The molecular weight excluding hydrogens is 224 g/mol. The lowest BCUT2D eigenvalue weighted by Gasteiger charge is -2.06. The Kier molecular flexibility index (Phi) is 2.24. The Balaban J connectivity index is 2.40. The van der Waals surface area contributed by atoms with Crippen LogP contribution >= 0.6 is 0 Å². The summed E-state index contributed by atoms with van der Waals surface area (Å²) in [7, 11) is 0. The van der Waals surface area contributed by atoms with Gasteiger partial charge in [0, 0.05) is 6.08 Å². The lowest BCUT2D eigenvalue weighted by atomic mass is 9.91. The Morgan fingerprint density at radius 2 is 1.56 bits per heavy atom. The first kappa shape index (κ1) is 10.4. The molecule has 0 unspecified atom stereocenters. The molecule has 0 bridgehead atoms. The minimum Gasteiger partial charge on any atom is -0.360 e. The molecule has 1 aliphatic carbocycles. The zero-order valence-corrected chi connectivity index (χ0v) is 9.41. The van der Waals surface area contributed by atoms with E-state index >= 15 is 0 Å². The maximum atomic E-state index is 9.07. The van der Waals surface area contributed by atoms with Gasteiger partial charge in [-0.1, -0.05) is 24.3 Å². The summed E-state index contributed by atoms with van der Waals surface area (Å²) in [4.78, 5) is 6.34. The largest absolute Gasteiger partial charge is 0.410 e. The maximum Gasteiger partial charge on any atom is 0.410 e. The minimum atomic E-state index is 0.250. The molecule has 0 heterocycles. The molecule has 0 saturated carbocycles. The second-order valence-corrected chi connectivity index (χ2v) is 4.05. The van der Waals surface area contributed by atoms with Crippen LogP contribution in [0.5, 0.6) is 0 Å². The van der Waals surface area contributed by atoms with E-state index in [0.29, 0.717) is 0 Å². The third kappa shape index (κ3) is 1.42. The standard InChI is InChI=1S/C14H8N4/c15-17-13-6-5-11-7-9-3-1-2-4-10(9)8-12(11)14(13)18-16/h1-8H. The van der Waals surface area contributed by atoms with Gasteiger partial charge in [0.2, 0.25) is 0 Å². The molecular formula is C14H8N4. The highest BCUT2D eigenvalue weighted by atomic mass is 14.9. The highest BCUT2D eigenvalue weighted by molar-refractivity contribution is 6.50. The summed E-state index contributed by atoms with van der Waals surface area (Å²) in [6, 6.07) is 11.9. The van der Waals surface area contributed by atoms with Crippen molar-refractivity contribution in [2.75, 3.05) is 0 Å². The van der Waals surface area contributed by atoms with E-state index < -0.39 is 0 Å². The van der Waals surface area contributed by atoms with E-state index in [0.717, 1.165) is 21.9 Å². The molecule has 0 N–H and O–H groups in total. The van der Waals surface area contributed by atoms with E-state index in [4.69, 9.17) is 11.1 Å². The van der Waals surface area contributed by atoms with Crippen molar-refractivity contribution in [2.24, 2.45) is 0 Å². The van der Waals surface area contributed by atoms with E-state index in [1.807, 2.05) is 42.5 Å². The van der Waals surface area contributed by atoms with Crippen LogP contribution in [-0.2, 0) is 0 Å². The van der Waals surface area contributed by atoms with Crippen molar-refractivity contribution in [3.63, 3.8) is 0 Å². The zero-order valence-electron chi connectivity index (χ0n) is 9.41. The lowest BCUT2D eigenvalue weighted by Crippen LogP contribution is -2.19. The Labute approximate surface area is 103 Å². The molecule has 2 aromatic carbocycles. The number of hydrogen-bond donors (Lipinski definition) is 0. The fraction of sp³-hybridized carbons (Fsp3) is 0. The van der Waals surface area contributed by atoms with Crippen LogP contribution in [0.15, 0.2) is 42.5 Å². The summed E-state index contributed by atoms with van der Waals surface area (Å²) < 4.78 is 0. The highest BCUT2D eigenvalue weighted by Crippen LogP contribution is 2.24. The first-order valence-corrected chi connectivity index (χ1v) is 5.49. The molecule has 1 aliphatic rings. The highest BCUT2D eigenvalue weighted by Gasteiger charge is 2.31. The maximum absolute atomic E-state index is 9.07. The SMILES string of the molecule is [N-]=[N+]=C1C=Cc2cc3ccccc3cc2C1=[N+]=[N-]. The van der Waals surface area contributed by atoms with Gasteiger partial charge in [-0.15, -0.1) is 0 Å². The van der Waals surface area contributed by atoms with Crippen LogP contribution in [0.1, 0.15) is 11.1 Å². The predicted molar refractivity (Wildman–Crippen MR) is 69.3 cm³/mol. The van der Waals surface area contributed by atoms with Crippen molar-refractivity contribution in [2.45, 2.75) is 0 Å². The van der Waals surface area contributed by atoms with Gasteiger partial charge in [-0.3, -0.25) is 0 Å². The van der Waals surface area contributed by atoms with Gasteiger partial charge < -0.3 is 11.1 Å². The number of rotatable bonds is 0. The minimum absolute atomic E-state index is 0.250. The topological polar surface area (TPSA) is 72.8 Å². The second kappa shape index (κ2) is 3.90. The third-order valence-electron chi connectivity index (χ3n) is 3.04. The first-order valence-electron chi connectivity index (χ1n) is 5.49. The Hall–Kier alpha value is -2.80. The van der Waals surface area contributed by atoms with Crippen LogP contribution in [0.3, 0.4) is 0 Å². The number of nitrogens with zero attached hydrogens (tertiary/aromatic N) is 4. The van der Waals surface area contributed by atoms with E-state index in [-0.39, 0.29) is 11.4 Å². The van der Waals surface area contributed by atoms with Gasteiger partial charge in [-0.25, -0.2) is 0 Å². The molecule has 4 heteroatoms. The molecule has 0 aromatic heterocycles. The molecule has 4 nitrogen and oxygen atoms in total. The van der Waals surface area contributed by atoms with E-state index in [1.165, 1.54) is 0 Å². The van der Waals surface area contributed by atoms with Crippen molar-refractivity contribution >= 4 is 28.3 Å². The van der Waals surface area contributed by atoms with Crippen molar-refractivity contribution in [1.82, 2.24) is 0 Å². The van der Waals surface area contributed by atoms with Crippen molar-refractivity contribution in [3.8, 4) is 0 Å². The third-order valence-corrected chi connectivity index (χ3v) is 3.04. The van der Waals surface area contributed by atoms with Crippen LogP contribution < -0.4 is 0 Å². The molecule has 3 rings (SSSR count). The number of allylic oxidation sites excluding steroid dienone is 1. The molecule has 84 valence electrons. The Bertz CT molecular complexity index is 789. The molecule has 2 aromatic rings. The quantitative estimate of drug-likeness (QED) is 0.494. The van der Waals surface area contributed by atoms with Crippen LogP contribution in [-0.4, -0.2) is 21.0 Å². The summed E-state index contributed by atoms with van der Waals surface area (Å²) >= 11 is 0. The summed E-state index contributed by atoms with van der Waals surface area (Å²) in [6.07, 6.45) is 3.46. The van der Waals surface area contributed by atoms with Gasteiger partial charge in [-0.2, -0.15) is 9.58 Å². The normalized spacial score (nSPS) is 13.1. The molecule has 18 heavy (non-hydrogen) atoms. The van der Waals surface area contributed by atoms with Crippen molar-refractivity contribution < 1.29 is 9.58 Å². The van der Waals surface area contributed by atoms with Gasteiger partial charge in [0.15, 0.2) is 0 Å². The summed E-state index contributed by atoms with van der Waals surface area (Å²) in [6.45, 7) is 0. The average Bonchev–Trinajstić information content (AvgIpc) is 2.43. The van der Waals surface area contributed by atoms with Gasteiger partial charge in [-0.05, 0) is 34.5 Å². The van der Waals surface area contributed by atoms with E-state index in [1.54, 1.807) is 6.08 Å². The van der Waals surface area contributed by atoms with Crippen LogP contribution in [0.25, 0.3) is 27.9 Å². The Morgan fingerprint density at radius 1 is 0.833 bits per heavy atom. The van der Waals surface area contributed by atoms with Gasteiger partial charge in [0.05, 0.1) is 5.56 Å². The second-order valence-electron chi connectivity index (χ2n) is 4.05. The van der Waals surface area contributed by atoms with Crippen LogP contribution in [0.4, 0.5) is 0 Å². The molecule has 0 radical (unpaired) electrons. The fourth-order valence-corrected chi connectivity index (χ4v) is 2.17. The molecule has 0 fully saturated rings. The van der Waals surface area contributed by atoms with E-state index in [9.17, 15) is 0 Å². The average molecular weight is 232 g/mol. The number of fused-ring (bicyclic) bond motifs is 2. The number of hydrogen-bond acceptors (Lipinski definition) is 0. The lowest BCUT2D eigenvalue weighted by molar-refractivity contribution is -0.0222. The molecule has 0 atom stereocenters. The summed E-state index contributed by atoms with van der Waals surface area (Å²) in [5.74, 6) is 0. The summed E-state index contributed by atoms with van der Waals surface area (Å²) in [5.41, 5.74) is 20.2. The molecule has 0 aliphatic heterocycles. The van der Waals surface area contributed by atoms with Crippen molar-refractivity contribution in [3.05, 3.63) is 64.7 Å². The first-order chi connectivity index (χ1) is 8.83. The molecule has 0 amide bonds. The van der Waals surface area contributed by atoms with Crippen molar-refractivity contribution in [1.29, 1.82) is 0 Å². The van der Waals surface area contributed by atoms with Gasteiger partial charge in [0.1, 0.15) is 0 Å². The molecule has 0 spiro atoms. The monoisotopic (exact) mass is 232 g/mol. The number of benzene rings is 2. The summed E-state index contributed by atoms with van der Waals surface area (Å²) in [5, 5.41) is 2.16. The van der Waals surface area contributed by atoms with Crippen LogP contribution in [0.2, 0.25) is 0 Å². The van der Waals surface area contributed by atoms with Crippen LogP contribution in [0, 0.1) is 0 Å². The predicted octanol–water partition coefficient (Wildman–Crippen LogP) is 2.56. The fourth-order valence-electron chi connectivity index (χ4n) is 2.17. The van der Waals surface area contributed by atoms with Gasteiger partial charge in [0.25, 0.3) is 0 Å². The van der Waals surface area contributed by atoms with Gasteiger partial charge >= 0.3 is 11.4 Å². The molecule has 0 saturated heterocycles. The smallest absolute Gasteiger partial charge is 0.360 e. The zero-order chi connectivity index (χ0) is 12.5.